The SMILES string of the molecule is CC(Nc1cccc(N2CCCC2=O)c1)C(=O)Nc1cccc(Cl)c1. The molecular weight excluding hydrogens is 338 g/mol. The maximum Gasteiger partial charge on any atom is 0.246 e. The summed E-state index contributed by atoms with van der Waals surface area (Å²) >= 11 is 5.93. The van der Waals surface area contributed by atoms with Gasteiger partial charge in [-0.3, -0.25) is 9.59 Å². The van der Waals surface area contributed by atoms with Crippen LogP contribution in [0, 0.1) is 0 Å². The van der Waals surface area contributed by atoms with Crippen molar-refractivity contribution in [1.82, 2.24) is 0 Å². The van der Waals surface area contributed by atoms with Crippen molar-refractivity contribution in [2.45, 2.75) is 25.8 Å². The highest BCUT2D eigenvalue weighted by Crippen LogP contribution is 2.24. The van der Waals surface area contributed by atoms with Crippen LogP contribution in [0.4, 0.5) is 17.1 Å². The van der Waals surface area contributed by atoms with Crippen molar-refractivity contribution in [3.63, 3.8) is 0 Å². The van der Waals surface area contributed by atoms with Gasteiger partial charge >= 0.3 is 0 Å². The fourth-order valence-corrected chi connectivity index (χ4v) is 3.01. The Bertz CT molecular complexity index is 794. The number of hydrogen-bond donors (Lipinski definition) is 2. The predicted octanol–water partition coefficient (Wildman–Crippen LogP) is 3.91. The molecule has 0 saturated carbocycles. The van der Waals surface area contributed by atoms with E-state index in [2.05, 4.69) is 10.6 Å². The van der Waals surface area contributed by atoms with Crippen LogP contribution in [0.15, 0.2) is 48.5 Å². The first kappa shape index (κ1) is 17.3. The monoisotopic (exact) mass is 357 g/mol. The third kappa shape index (κ3) is 4.31. The maximum atomic E-state index is 12.3. The van der Waals surface area contributed by atoms with Crippen molar-refractivity contribution in [3.05, 3.63) is 53.6 Å². The smallest absolute Gasteiger partial charge is 0.246 e. The third-order valence-electron chi connectivity index (χ3n) is 4.10. The van der Waals surface area contributed by atoms with Crippen molar-refractivity contribution < 1.29 is 9.59 Å². The lowest BCUT2D eigenvalue weighted by Gasteiger charge is -2.19. The van der Waals surface area contributed by atoms with Crippen molar-refractivity contribution in [2.75, 3.05) is 22.1 Å². The second kappa shape index (κ2) is 7.57. The molecule has 3 rings (SSSR count). The largest absolute Gasteiger partial charge is 0.374 e. The molecule has 1 unspecified atom stereocenters. The zero-order valence-corrected chi connectivity index (χ0v) is 14.7. The molecule has 1 fully saturated rings. The van der Waals surface area contributed by atoms with Gasteiger partial charge in [-0.05, 0) is 49.7 Å². The number of anilines is 3. The zero-order chi connectivity index (χ0) is 17.8. The Morgan fingerprint density at radius 2 is 1.92 bits per heavy atom. The lowest BCUT2D eigenvalue weighted by molar-refractivity contribution is -0.117. The summed E-state index contributed by atoms with van der Waals surface area (Å²) in [5, 5.41) is 6.57. The summed E-state index contributed by atoms with van der Waals surface area (Å²) in [6, 6.07) is 14.2. The highest BCUT2D eigenvalue weighted by molar-refractivity contribution is 6.30. The van der Waals surface area contributed by atoms with Gasteiger partial charge in [0.05, 0.1) is 0 Å². The Kier molecular flexibility index (Phi) is 5.24. The standard InChI is InChI=1S/C19H20ClN3O2/c1-13(19(25)22-15-6-2-5-14(20)11-15)21-16-7-3-8-17(12-16)23-10-4-9-18(23)24/h2-3,5-8,11-13,21H,4,9-10H2,1H3,(H,22,25). The van der Waals surface area contributed by atoms with Crippen molar-refractivity contribution in [2.24, 2.45) is 0 Å². The fraction of sp³-hybridized carbons (Fsp3) is 0.263. The first-order valence-corrected chi connectivity index (χ1v) is 8.64. The van der Waals surface area contributed by atoms with Crippen LogP contribution < -0.4 is 15.5 Å². The molecule has 1 saturated heterocycles. The van der Waals surface area contributed by atoms with Gasteiger partial charge in [0.2, 0.25) is 11.8 Å². The van der Waals surface area contributed by atoms with Crippen LogP contribution in [0.3, 0.4) is 0 Å². The van der Waals surface area contributed by atoms with Crippen LogP contribution in [-0.2, 0) is 9.59 Å². The molecule has 0 spiro atoms. The van der Waals surface area contributed by atoms with Gasteiger partial charge in [-0.15, -0.1) is 0 Å². The predicted molar refractivity (Wildman–Crippen MR) is 101 cm³/mol. The summed E-state index contributed by atoms with van der Waals surface area (Å²) in [6.07, 6.45) is 1.48. The summed E-state index contributed by atoms with van der Waals surface area (Å²) in [4.78, 5) is 26.0. The minimum Gasteiger partial charge on any atom is -0.374 e. The van der Waals surface area contributed by atoms with Crippen LogP contribution in [0.5, 0.6) is 0 Å². The number of carbonyl (C=O) groups excluding carboxylic acids is 2. The van der Waals surface area contributed by atoms with Gasteiger partial charge in [-0.2, -0.15) is 0 Å². The summed E-state index contributed by atoms with van der Waals surface area (Å²) in [6.45, 7) is 2.53. The number of rotatable bonds is 5. The highest BCUT2D eigenvalue weighted by Gasteiger charge is 2.22. The molecule has 130 valence electrons. The summed E-state index contributed by atoms with van der Waals surface area (Å²) < 4.78 is 0. The van der Waals surface area contributed by atoms with E-state index in [9.17, 15) is 9.59 Å². The molecule has 0 radical (unpaired) electrons. The van der Waals surface area contributed by atoms with E-state index in [1.165, 1.54) is 0 Å². The third-order valence-corrected chi connectivity index (χ3v) is 4.33. The number of hydrogen-bond acceptors (Lipinski definition) is 3. The van der Waals surface area contributed by atoms with E-state index in [1.807, 2.05) is 24.3 Å². The second-order valence-electron chi connectivity index (χ2n) is 6.06. The van der Waals surface area contributed by atoms with E-state index in [1.54, 1.807) is 36.1 Å². The van der Waals surface area contributed by atoms with Gasteiger partial charge in [-0.25, -0.2) is 0 Å². The van der Waals surface area contributed by atoms with Gasteiger partial charge in [0.15, 0.2) is 0 Å². The topological polar surface area (TPSA) is 61.4 Å². The Morgan fingerprint density at radius 3 is 2.64 bits per heavy atom. The Morgan fingerprint density at radius 1 is 1.16 bits per heavy atom. The minimum atomic E-state index is -0.441. The summed E-state index contributed by atoms with van der Waals surface area (Å²) in [5.74, 6) is -0.0196. The van der Waals surface area contributed by atoms with Crippen molar-refractivity contribution >= 4 is 40.5 Å². The van der Waals surface area contributed by atoms with E-state index in [0.717, 1.165) is 24.3 Å². The molecule has 25 heavy (non-hydrogen) atoms. The van der Waals surface area contributed by atoms with E-state index in [-0.39, 0.29) is 11.8 Å². The first-order valence-electron chi connectivity index (χ1n) is 8.26. The van der Waals surface area contributed by atoms with Crippen molar-refractivity contribution in [3.8, 4) is 0 Å². The minimum absolute atomic E-state index is 0.142. The van der Waals surface area contributed by atoms with Gasteiger partial charge in [0, 0.05) is 35.1 Å². The molecule has 6 heteroatoms. The van der Waals surface area contributed by atoms with Gasteiger partial charge in [-0.1, -0.05) is 23.7 Å². The molecule has 1 aliphatic heterocycles. The first-order chi connectivity index (χ1) is 12.0. The average molecular weight is 358 g/mol. The summed E-state index contributed by atoms with van der Waals surface area (Å²) in [7, 11) is 0. The lowest BCUT2D eigenvalue weighted by Crippen LogP contribution is -2.32. The van der Waals surface area contributed by atoms with Gasteiger partial charge < -0.3 is 15.5 Å². The molecule has 2 aromatic rings. The summed E-state index contributed by atoms with van der Waals surface area (Å²) in [5.41, 5.74) is 2.31. The average Bonchev–Trinajstić information content (AvgIpc) is 3.01. The van der Waals surface area contributed by atoms with E-state index < -0.39 is 6.04 Å². The molecule has 5 nitrogen and oxygen atoms in total. The molecule has 0 bridgehead atoms. The van der Waals surface area contributed by atoms with E-state index >= 15 is 0 Å². The van der Waals surface area contributed by atoms with Gasteiger partial charge in [0.1, 0.15) is 6.04 Å². The quantitative estimate of drug-likeness (QED) is 0.853. The molecule has 1 atom stereocenters. The number of benzene rings is 2. The number of halogens is 1. The van der Waals surface area contributed by atoms with Gasteiger partial charge in [0.25, 0.3) is 0 Å². The van der Waals surface area contributed by atoms with Crippen LogP contribution in [0.1, 0.15) is 19.8 Å². The number of nitrogens with one attached hydrogen (secondary N) is 2. The molecule has 0 aromatic heterocycles. The Balaban J connectivity index is 1.65. The maximum absolute atomic E-state index is 12.3. The van der Waals surface area contributed by atoms with E-state index in [4.69, 9.17) is 11.6 Å². The molecule has 2 aromatic carbocycles. The van der Waals surface area contributed by atoms with Crippen LogP contribution in [0.25, 0.3) is 0 Å². The Labute approximate surface area is 152 Å². The zero-order valence-electron chi connectivity index (χ0n) is 14.0. The molecule has 1 aliphatic rings. The van der Waals surface area contributed by atoms with E-state index in [0.29, 0.717) is 17.1 Å². The Hall–Kier alpha value is -2.53. The lowest BCUT2D eigenvalue weighted by atomic mass is 10.2. The number of nitrogens with zero attached hydrogens (tertiary/aromatic N) is 1. The normalized spacial score (nSPS) is 15.1. The molecule has 2 amide bonds. The van der Waals surface area contributed by atoms with Crippen LogP contribution in [0.2, 0.25) is 5.02 Å². The van der Waals surface area contributed by atoms with Crippen LogP contribution in [-0.4, -0.2) is 24.4 Å². The number of amides is 2. The number of carbonyl (C=O) groups is 2. The molecular formula is C19H20ClN3O2. The fourth-order valence-electron chi connectivity index (χ4n) is 2.82. The second-order valence-corrected chi connectivity index (χ2v) is 6.50. The molecule has 0 aliphatic carbocycles. The van der Waals surface area contributed by atoms with Crippen LogP contribution >= 0.6 is 11.6 Å². The highest BCUT2D eigenvalue weighted by atomic mass is 35.5. The molecule has 2 N–H and O–H groups in total. The molecule has 1 heterocycles. The van der Waals surface area contributed by atoms with Crippen molar-refractivity contribution in [1.29, 1.82) is 0 Å².